The van der Waals surface area contributed by atoms with Gasteiger partial charge in [-0.05, 0) is 48.9 Å². The van der Waals surface area contributed by atoms with E-state index in [0.717, 1.165) is 29.1 Å². The van der Waals surface area contributed by atoms with Crippen molar-refractivity contribution in [2.24, 2.45) is 0 Å². The highest BCUT2D eigenvalue weighted by Crippen LogP contribution is 2.25. The lowest BCUT2D eigenvalue weighted by Crippen LogP contribution is -1.95. The van der Waals surface area contributed by atoms with Crippen LogP contribution in [-0.4, -0.2) is 9.97 Å². The first-order chi connectivity index (χ1) is 15.2. The molecule has 1 aromatic carbocycles. The summed E-state index contributed by atoms with van der Waals surface area (Å²) < 4.78 is 0. The van der Waals surface area contributed by atoms with Gasteiger partial charge in [0, 0.05) is 22.9 Å². The molecule has 0 bridgehead atoms. The fraction of sp³-hybridized carbons (Fsp3) is 0.643. The summed E-state index contributed by atoms with van der Waals surface area (Å²) in [6.07, 6.45) is 25.0. The molecule has 1 heterocycles. The molecule has 1 aromatic heterocycles. The van der Waals surface area contributed by atoms with Crippen molar-refractivity contribution in [2.45, 2.75) is 121 Å². The van der Waals surface area contributed by atoms with Crippen LogP contribution in [0.2, 0.25) is 0 Å². The van der Waals surface area contributed by atoms with Gasteiger partial charge in [-0.2, -0.15) is 0 Å². The van der Waals surface area contributed by atoms with E-state index in [1.807, 2.05) is 12.4 Å². The summed E-state index contributed by atoms with van der Waals surface area (Å²) in [4.78, 5) is 10.2. The highest BCUT2D eigenvalue weighted by molar-refractivity contribution is 7.80. The maximum atomic E-state index is 4.73. The SMILES string of the molecule is CCCCCCCCCCc1ccc(-c2ncc(CCCCCCCC)cn2)c(S)c1. The summed E-state index contributed by atoms with van der Waals surface area (Å²) in [6.45, 7) is 4.54. The van der Waals surface area contributed by atoms with Gasteiger partial charge in [-0.15, -0.1) is 12.6 Å². The van der Waals surface area contributed by atoms with Crippen LogP contribution in [0.3, 0.4) is 0 Å². The fourth-order valence-electron chi connectivity index (χ4n) is 4.12. The highest BCUT2D eigenvalue weighted by atomic mass is 32.1. The van der Waals surface area contributed by atoms with Gasteiger partial charge in [0.25, 0.3) is 0 Å². The second-order valence-corrected chi connectivity index (χ2v) is 9.49. The van der Waals surface area contributed by atoms with Crippen molar-refractivity contribution in [3.63, 3.8) is 0 Å². The van der Waals surface area contributed by atoms with E-state index in [-0.39, 0.29) is 0 Å². The summed E-state index contributed by atoms with van der Waals surface area (Å²) in [5.74, 6) is 0.787. The van der Waals surface area contributed by atoms with Crippen LogP contribution < -0.4 is 0 Å². The molecule has 0 saturated carbocycles. The number of thiol groups is 1. The first-order valence-electron chi connectivity index (χ1n) is 12.9. The molecule has 0 aliphatic carbocycles. The zero-order chi connectivity index (χ0) is 22.2. The van der Waals surface area contributed by atoms with E-state index >= 15 is 0 Å². The summed E-state index contributed by atoms with van der Waals surface area (Å²) >= 11 is 4.73. The van der Waals surface area contributed by atoms with E-state index in [1.54, 1.807) is 0 Å². The van der Waals surface area contributed by atoms with Crippen LogP contribution in [0.15, 0.2) is 35.5 Å². The van der Waals surface area contributed by atoms with Crippen molar-refractivity contribution in [3.05, 3.63) is 41.7 Å². The molecule has 0 saturated heterocycles. The van der Waals surface area contributed by atoms with E-state index < -0.39 is 0 Å². The van der Waals surface area contributed by atoms with Crippen LogP contribution in [0.4, 0.5) is 0 Å². The van der Waals surface area contributed by atoms with E-state index in [4.69, 9.17) is 12.6 Å². The molecule has 0 amide bonds. The number of aryl methyl sites for hydroxylation is 2. The highest BCUT2D eigenvalue weighted by Gasteiger charge is 2.07. The number of benzene rings is 1. The number of nitrogens with zero attached hydrogens (tertiary/aromatic N) is 2. The molecular weight excluding hydrogens is 396 g/mol. The normalized spacial score (nSPS) is 11.2. The van der Waals surface area contributed by atoms with Gasteiger partial charge in [0.2, 0.25) is 0 Å². The zero-order valence-electron chi connectivity index (χ0n) is 20.0. The van der Waals surface area contributed by atoms with Crippen LogP contribution in [-0.2, 0) is 12.8 Å². The number of aromatic nitrogens is 2. The van der Waals surface area contributed by atoms with Crippen molar-refractivity contribution in [1.29, 1.82) is 0 Å². The minimum atomic E-state index is 0.787. The van der Waals surface area contributed by atoms with Crippen molar-refractivity contribution in [1.82, 2.24) is 9.97 Å². The van der Waals surface area contributed by atoms with Crippen molar-refractivity contribution >= 4 is 12.6 Å². The summed E-state index contributed by atoms with van der Waals surface area (Å²) in [7, 11) is 0. The molecule has 2 nitrogen and oxygen atoms in total. The number of rotatable bonds is 17. The Balaban J connectivity index is 1.73. The molecule has 3 heteroatoms. The largest absolute Gasteiger partial charge is 0.236 e. The third-order valence-corrected chi connectivity index (χ3v) is 6.52. The van der Waals surface area contributed by atoms with Crippen molar-refractivity contribution < 1.29 is 0 Å². The molecule has 172 valence electrons. The Morgan fingerprint density at radius 2 is 1.10 bits per heavy atom. The molecule has 0 radical (unpaired) electrons. The molecule has 2 rings (SSSR count). The minimum Gasteiger partial charge on any atom is -0.236 e. The molecular formula is C28H44N2S. The van der Waals surface area contributed by atoms with Gasteiger partial charge < -0.3 is 0 Å². The maximum Gasteiger partial charge on any atom is 0.160 e. The average Bonchev–Trinajstić information content (AvgIpc) is 2.78. The zero-order valence-corrected chi connectivity index (χ0v) is 20.9. The van der Waals surface area contributed by atoms with Crippen molar-refractivity contribution in [2.75, 3.05) is 0 Å². The quantitative estimate of drug-likeness (QED) is 0.196. The lowest BCUT2D eigenvalue weighted by atomic mass is 10.0. The van der Waals surface area contributed by atoms with E-state index in [0.29, 0.717) is 0 Å². The molecule has 0 fully saturated rings. The molecule has 31 heavy (non-hydrogen) atoms. The lowest BCUT2D eigenvalue weighted by molar-refractivity contribution is 0.575. The van der Waals surface area contributed by atoms with Gasteiger partial charge in [-0.3, -0.25) is 0 Å². The van der Waals surface area contributed by atoms with Gasteiger partial charge in [-0.25, -0.2) is 9.97 Å². The molecule has 2 aromatic rings. The predicted molar refractivity (Wildman–Crippen MR) is 138 cm³/mol. The van der Waals surface area contributed by atoms with Crippen LogP contribution in [0.5, 0.6) is 0 Å². The third-order valence-electron chi connectivity index (χ3n) is 6.15. The molecule has 0 N–H and O–H groups in total. The minimum absolute atomic E-state index is 0.787. The van der Waals surface area contributed by atoms with Gasteiger partial charge >= 0.3 is 0 Å². The summed E-state index contributed by atoms with van der Waals surface area (Å²) in [5, 5.41) is 0. The number of hydrogen-bond donors (Lipinski definition) is 1. The van der Waals surface area contributed by atoms with Crippen LogP contribution in [0.25, 0.3) is 11.4 Å². The van der Waals surface area contributed by atoms with Gasteiger partial charge in [0.05, 0.1) is 0 Å². The van der Waals surface area contributed by atoms with E-state index in [1.165, 1.54) is 101 Å². The Bertz CT molecular complexity index is 711. The molecule has 0 aliphatic rings. The standard InChI is InChI=1S/C28H44N2S/c1-3-5-7-9-11-12-14-15-17-24-19-20-26(27(31)21-24)28-29-22-25(23-30-28)18-16-13-10-8-6-4-2/h19-23,31H,3-18H2,1-2H3. The fourth-order valence-corrected chi connectivity index (χ4v) is 4.46. The van der Waals surface area contributed by atoms with Crippen LogP contribution >= 0.6 is 12.6 Å². The second-order valence-electron chi connectivity index (χ2n) is 9.01. The van der Waals surface area contributed by atoms with E-state index in [2.05, 4.69) is 42.0 Å². The topological polar surface area (TPSA) is 25.8 Å². The smallest absolute Gasteiger partial charge is 0.160 e. The Kier molecular flexibility index (Phi) is 13.6. The number of unbranched alkanes of at least 4 members (excludes halogenated alkanes) is 12. The number of hydrogen-bond acceptors (Lipinski definition) is 3. The van der Waals surface area contributed by atoms with Gasteiger partial charge in [0.1, 0.15) is 0 Å². The van der Waals surface area contributed by atoms with Gasteiger partial charge in [0.15, 0.2) is 5.82 Å². The van der Waals surface area contributed by atoms with Gasteiger partial charge in [-0.1, -0.05) is 97.0 Å². The molecule has 0 aliphatic heterocycles. The Hall–Kier alpha value is -1.35. The van der Waals surface area contributed by atoms with Crippen LogP contribution in [0.1, 0.15) is 115 Å². The molecule has 0 unspecified atom stereocenters. The average molecular weight is 441 g/mol. The van der Waals surface area contributed by atoms with Crippen LogP contribution in [0, 0.1) is 0 Å². The van der Waals surface area contributed by atoms with Crippen molar-refractivity contribution in [3.8, 4) is 11.4 Å². The Morgan fingerprint density at radius 1 is 0.613 bits per heavy atom. The first kappa shape index (κ1) is 25.9. The molecule has 0 spiro atoms. The molecule has 0 atom stereocenters. The Labute approximate surface area is 197 Å². The maximum absolute atomic E-state index is 4.73. The third kappa shape index (κ3) is 10.7. The monoisotopic (exact) mass is 440 g/mol. The predicted octanol–water partition coefficient (Wildman–Crippen LogP) is 9.02. The Morgan fingerprint density at radius 3 is 1.61 bits per heavy atom. The first-order valence-corrected chi connectivity index (χ1v) is 13.3. The van der Waals surface area contributed by atoms with E-state index in [9.17, 15) is 0 Å². The lowest BCUT2D eigenvalue weighted by Gasteiger charge is -2.08. The second kappa shape index (κ2) is 16.3. The summed E-state index contributed by atoms with van der Waals surface area (Å²) in [5.41, 5.74) is 3.65. The summed E-state index contributed by atoms with van der Waals surface area (Å²) in [6, 6.07) is 6.57.